The van der Waals surface area contributed by atoms with Gasteiger partial charge in [0.2, 0.25) is 11.8 Å². The molecule has 0 radical (unpaired) electrons. The lowest BCUT2D eigenvalue weighted by Gasteiger charge is -2.32. The predicted molar refractivity (Wildman–Crippen MR) is 143 cm³/mol. The third-order valence-electron chi connectivity index (χ3n) is 5.10. The Hall–Kier alpha value is -2.85. The molecule has 0 unspecified atom stereocenters. The highest BCUT2D eigenvalue weighted by Gasteiger charge is 2.36. The molecule has 1 saturated heterocycles. The number of benzene rings is 3. The minimum Gasteiger partial charge on any atom is -0.420 e. The van der Waals surface area contributed by atoms with Gasteiger partial charge in [0.25, 0.3) is 0 Å². The number of rotatable bonds is 7. The van der Waals surface area contributed by atoms with E-state index < -0.39 is 16.7 Å². The van der Waals surface area contributed by atoms with Crippen LogP contribution in [0.5, 0.6) is 5.75 Å². The molecule has 1 fully saturated rings. The van der Waals surface area contributed by atoms with Crippen molar-refractivity contribution in [3.8, 4) is 5.75 Å². The van der Waals surface area contributed by atoms with E-state index in [9.17, 15) is 18.4 Å². The second kappa shape index (κ2) is 11.7. The maximum absolute atomic E-state index is 13.2. The van der Waals surface area contributed by atoms with Crippen LogP contribution in [0, 0.1) is 0 Å². The Kier molecular flexibility index (Phi) is 8.59. The minimum absolute atomic E-state index is 0.0661. The molecule has 1 atom stereocenters. The van der Waals surface area contributed by atoms with Gasteiger partial charge in [-0.3, -0.25) is 14.5 Å². The van der Waals surface area contributed by atoms with Gasteiger partial charge in [0, 0.05) is 23.7 Å². The van der Waals surface area contributed by atoms with Crippen molar-refractivity contribution in [1.82, 2.24) is 4.90 Å². The van der Waals surface area contributed by atoms with Gasteiger partial charge in [-0.15, -0.1) is 8.78 Å². The SMILES string of the molecule is O=C(Nc1ccc(OC(F)(F)Cl)cc1)[C@@H]1CC(=O)N(Cc2ccccc2)C(=Nc2ccc(Cl)c(Cl)c2)S1. The second-order valence-corrected chi connectivity index (χ2v) is 10.3. The van der Waals surface area contributed by atoms with Crippen molar-refractivity contribution in [2.24, 2.45) is 4.99 Å². The Bertz CT molecular complexity index is 1320. The molecule has 0 aromatic heterocycles. The van der Waals surface area contributed by atoms with Crippen LogP contribution < -0.4 is 10.1 Å². The van der Waals surface area contributed by atoms with Crippen molar-refractivity contribution in [3.05, 3.63) is 88.4 Å². The zero-order valence-corrected chi connectivity index (χ0v) is 21.9. The number of aliphatic imine (C=N–C) groups is 1. The monoisotopic (exact) mass is 583 g/mol. The quantitative estimate of drug-likeness (QED) is 0.295. The van der Waals surface area contributed by atoms with Gasteiger partial charge in [0.1, 0.15) is 11.0 Å². The second-order valence-electron chi connectivity index (χ2n) is 7.83. The van der Waals surface area contributed by atoms with Crippen molar-refractivity contribution >= 4 is 74.9 Å². The lowest BCUT2D eigenvalue weighted by atomic mass is 10.2. The zero-order chi connectivity index (χ0) is 26.6. The number of nitrogens with one attached hydrogen (secondary N) is 1. The Morgan fingerprint density at radius 2 is 1.78 bits per heavy atom. The summed E-state index contributed by atoms with van der Waals surface area (Å²) in [6.45, 7) is 0.272. The van der Waals surface area contributed by atoms with E-state index in [1.54, 1.807) is 18.2 Å². The van der Waals surface area contributed by atoms with Crippen LogP contribution in [0.3, 0.4) is 0 Å². The number of amides is 2. The van der Waals surface area contributed by atoms with Gasteiger partial charge in [-0.2, -0.15) is 0 Å². The molecule has 2 amide bonds. The first kappa shape index (κ1) is 27.2. The molecule has 0 aliphatic carbocycles. The summed E-state index contributed by atoms with van der Waals surface area (Å²) in [7, 11) is 0. The van der Waals surface area contributed by atoms with E-state index in [-0.39, 0.29) is 24.6 Å². The van der Waals surface area contributed by atoms with Crippen molar-refractivity contribution < 1.29 is 23.1 Å². The number of alkyl halides is 3. The largest absolute Gasteiger partial charge is 0.487 e. The highest BCUT2D eigenvalue weighted by Crippen LogP contribution is 2.33. The summed E-state index contributed by atoms with van der Waals surface area (Å²) in [4.78, 5) is 32.3. The number of anilines is 1. The Labute approximate surface area is 230 Å². The molecule has 0 bridgehead atoms. The number of nitrogens with zero attached hydrogens (tertiary/aromatic N) is 2. The van der Waals surface area contributed by atoms with Crippen LogP contribution in [-0.4, -0.2) is 32.7 Å². The fourth-order valence-corrected chi connectivity index (χ4v) is 4.87. The first-order chi connectivity index (χ1) is 17.6. The van der Waals surface area contributed by atoms with Crippen molar-refractivity contribution in [1.29, 1.82) is 0 Å². The van der Waals surface area contributed by atoms with Gasteiger partial charge in [0.15, 0.2) is 5.17 Å². The summed E-state index contributed by atoms with van der Waals surface area (Å²) in [5, 5.41) is 2.89. The molecule has 1 N–H and O–H groups in total. The molecule has 1 aliphatic heterocycles. The van der Waals surface area contributed by atoms with Crippen molar-refractivity contribution in [2.75, 3.05) is 5.32 Å². The maximum atomic E-state index is 13.2. The minimum atomic E-state index is -3.85. The number of hydrogen-bond acceptors (Lipinski definition) is 5. The normalized spacial score (nSPS) is 17.1. The lowest BCUT2D eigenvalue weighted by molar-refractivity contribution is -0.129. The Morgan fingerprint density at radius 1 is 1.08 bits per heavy atom. The number of ether oxygens (including phenoxy) is 1. The van der Waals surface area contributed by atoms with Crippen LogP contribution in [0.15, 0.2) is 77.8 Å². The standard InChI is InChI=1S/C25H18Cl3F2N3O3S/c26-19-11-8-17(12-20(19)27)32-24-33(14-15-4-2-1-3-5-15)22(34)13-21(37-24)23(35)31-16-6-9-18(10-7-16)36-25(28,29)30/h1-12,21H,13-14H2,(H,31,35)/t21-/m0/s1. The molecule has 37 heavy (non-hydrogen) atoms. The van der Waals surface area contributed by atoms with Gasteiger partial charge in [0.05, 0.1) is 22.3 Å². The fraction of sp³-hybridized carbons (Fsp3) is 0.160. The highest BCUT2D eigenvalue weighted by atomic mass is 35.5. The first-order valence-corrected chi connectivity index (χ1v) is 12.8. The van der Waals surface area contributed by atoms with Gasteiger partial charge < -0.3 is 10.1 Å². The molecule has 6 nitrogen and oxygen atoms in total. The average molecular weight is 585 g/mol. The van der Waals surface area contributed by atoms with Gasteiger partial charge in [-0.1, -0.05) is 65.3 Å². The van der Waals surface area contributed by atoms with Gasteiger partial charge in [-0.05, 0) is 48.0 Å². The Morgan fingerprint density at radius 3 is 2.43 bits per heavy atom. The van der Waals surface area contributed by atoms with Gasteiger partial charge in [-0.25, -0.2) is 4.99 Å². The number of halogens is 5. The van der Waals surface area contributed by atoms with E-state index >= 15 is 0 Å². The zero-order valence-electron chi connectivity index (χ0n) is 18.8. The molecule has 3 aromatic carbocycles. The molecule has 1 aliphatic rings. The number of carbonyl (C=O) groups is 2. The predicted octanol–water partition coefficient (Wildman–Crippen LogP) is 7.32. The van der Waals surface area contributed by atoms with E-state index in [4.69, 9.17) is 34.8 Å². The molecular weight excluding hydrogens is 567 g/mol. The van der Waals surface area contributed by atoms with Crippen molar-refractivity contribution in [2.45, 2.75) is 23.8 Å². The Balaban J connectivity index is 1.54. The smallest absolute Gasteiger partial charge is 0.420 e. The van der Waals surface area contributed by atoms with E-state index in [1.165, 1.54) is 29.2 Å². The molecule has 3 aromatic rings. The molecule has 4 rings (SSSR count). The van der Waals surface area contributed by atoms with E-state index in [1.807, 2.05) is 30.3 Å². The summed E-state index contributed by atoms with van der Waals surface area (Å²) < 4.78 is 29.9. The van der Waals surface area contributed by atoms with Crippen LogP contribution in [0.1, 0.15) is 12.0 Å². The number of thioether (sulfide) groups is 1. The summed E-state index contributed by atoms with van der Waals surface area (Å²) in [5.74, 6) is -0.904. The summed E-state index contributed by atoms with van der Waals surface area (Å²) in [5.41, 5.74) is -2.15. The third kappa shape index (κ3) is 7.58. The first-order valence-electron chi connectivity index (χ1n) is 10.8. The van der Waals surface area contributed by atoms with Crippen LogP contribution in [0.2, 0.25) is 10.0 Å². The summed E-state index contributed by atoms with van der Waals surface area (Å²) in [6, 6.07) is 19.5. The average Bonchev–Trinajstić information content (AvgIpc) is 2.84. The van der Waals surface area contributed by atoms with Crippen molar-refractivity contribution in [3.63, 3.8) is 0 Å². The van der Waals surface area contributed by atoms with Crippen LogP contribution in [0.25, 0.3) is 0 Å². The molecule has 1 heterocycles. The molecule has 12 heteroatoms. The maximum Gasteiger partial charge on any atom is 0.487 e. The van der Waals surface area contributed by atoms with E-state index in [0.29, 0.717) is 26.6 Å². The summed E-state index contributed by atoms with van der Waals surface area (Å²) in [6.07, 6.45) is -0.0661. The topological polar surface area (TPSA) is 71.0 Å². The van der Waals surface area contributed by atoms with Crippen LogP contribution >= 0.6 is 46.6 Å². The molecule has 0 spiro atoms. The van der Waals surface area contributed by atoms with E-state index in [0.717, 1.165) is 17.3 Å². The fourth-order valence-electron chi connectivity index (χ4n) is 3.39. The highest BCUT2D eigenvalue weighted by molar-refractivity contribution is 8.15. The summed E-state index contributed by atoms with van der Waals surface area (Å²) >= 11 is 18.0. The molecular formula is C25H18Cl3F2N3O3S. The molecule has 192 valence electrons. The number of hydrogen-bond donors (Lipinski definition) is 1. The van der Waals surface area contributed by atoms with Gasteiger partial charge >= 0.3 is 5.57 Å². The molecule has 0 saturated carbocycles. The lowest BCUT2D eigenvalue weighted by Crippen LogP contribution is -2.44. The van der Waals surface area contributed by atoms with E-state index in [2.05, 4.69) is 15.0 Å². The van der Waals surface area contributed by atoms with Crippen LogP contribution in [-0.2, 0) is 16.1 Å². The van der Waals surface area contributed by atoms with Crippen LogP contribution in [0.4, 0.5) is 20.2 Å². The number of amidine groups is 1. The third-order valence-corrected chi connectivity index (χ3v) is 7.10. The number of carbonyl (C=O) groups excluding carboxylic acids is 2.